The van der Waals surface area contributed by atoms with E-state index < -0.39 is 0 Å². The van der Waals surface area contributed by atoms with E-state index in [4.69, 9.17) is 13.9 Å². The van der Waals surface area contributed by atoms with Gasteiger partial charge in [-0.25, -0.2) is 0 Å². The molecule has 2 aliphatic rings. The number of carbonyl (C=O) groups is 1. The Bertz CT molecular complexity index is 730. The van der Waals surface area contributed by atoms with Gasteiger partial charge in [-0.15, -0.1) is 0 Å². The highest BCUT2D eigenvalue weighted by atomic mass is 16.5. The molecule has 6 nitrogen and oxygen atoms in total. The van der Waals surface area contributed by atoms with Crippen LogP contribution in [-0.2, 0) is 16.1 Å². The lowest BCUT2D eigenvalue weighted by atomic mass is 10.0. The fraction of sp³-hybridized carbons (Fsp3) is 0.474. The third-order valence-electron chi connectivity index (χ3n) is 5.01. The number of pyridine rings is 1. The minimum Gasteiger partial charge on any atom is -0.459 e. The van der Waals surface area contributed by atoms with Crippen molar-refractivity contribution in [2.45, 2.75) is 44.6 Å². The summed E-state index contributed by atoms with van der Waals surface area (Å²) in [4.78, 5) is 18.8. The van der Waals surface area contributed by atoms with Crippen LogP contribution in [0.15, 0.2) is 41.3 Å². The van der Waals surface area contributed by atoms with Crippen molar-refractivity contribution >= 4 is 5.91 Å². The molecule has 1 amide bonds. The summed E-state index contributed by atoms with van der Waals surface area (Å²) >= 11 is 0. The second-order valence-electron chi connectivity index (χ2n) is 6.64. The minimum absolute atomic E-state index is 0.0493. The quantitative estimate of drug-likeness (QED) is 0.854. The first kappa shape index (κ1) is 16.3. The molecule has 3 atom stereocenters. The maximum absolute atomic E-state index is 12.9. The Kier molecular flexibility index (Phi) is 4.55. The Hall–Kier alpha value is -2.18. The number of aromatic nitrogens is 1. The number of nitrogens with zero attached hydrogens (tertiary/aromatic N) is 2. The Morgan fingerprint density at radius 1 is 1.36 bits per heavy atom. The molecule has 2 saturated heterocycles. The topological polar surface area (TPSA) is 64.8 Å². The molecule has 0 N–H and O–H groups in total. The third-order valence-corrected chi connectivity index (χ3v) is 5.01. The molecule has 0 saturated carbocycles. The standard InChI is InChI=1S/C19H22N2O4/c1-13-6-10-24-17(13)19(22)21-11-16(18-15(21)3-2-9-23-18)25-12-14-4-7-20-8-5-14/h4-8,10,15-16,18H,2-3,9,11-12H2,1H3/t15-,16+,18+/m1/s1. The van der Waals surface area contributed by atoms with E-state index in [2.05, 4.69) is 4.98 Å². The third kappa shape index (κ3) is 3.19. The number of aryl methyl sites for hydroxylation is 1. The predicted molar refractivity (Wildman–Crippen MR) is 90.1 cm³/mol. The molecule has 0 aromatic carbocycles. The van der Waals surface area contributed by atoms with Gasteiger partial charge in [-0.2, -0.15) is 0 Å². The van der Waals surface area contributed by atoms with Crippen molar-refractivity contribution in [3.05, 3.63) is 53.7 Å². The molecule has 0 aliphatic carbocycles. The van der Waals surface area contributed by atoms with Crippen LogP contribution in [0.4, 0.5) is 0 Å². The van der Waals surface area contributed by atoms with E-state index in [1.165, 1.54) is 0 Å². The summed E-state index contributed by atoms with van der Waals surface area (Å²) in [6.07, 6.45) is 6.76. The largest absolute Gasteiger partial charge is 0.459 e. The molecule has 0 spiro atoms. The van der Waals surface area contributed by atoms with Crippen LogP contribution in [0.3, 0.4) is 0 Å². The number of ether oxygens (including phenoxy) is 2. The summed E-state index contributed by atoms with van der Waals surface area (Å²) in [5.74, 6) is 0.345. The second kappa shape index (κ2) is 6.98. The summed E-state index contributed by atoms with van der Waals surface area (Å²) in [6, 6.07) is 5.73. The molecular weight excluding hydrogens is 320 g/mol. The van der Waals surface area contributed by atoms with Crippen LogP contribution < -0.4 is 0 Å². The highest BCUT2D eigenvalue weighted by Gasteiger charge is 2.47. The number of furan rings is 1. The summed E-state index contributed by atoms with van der Waals surface area (Å²) in [5.41, 5.74) is 1.92. The van der Waals surface area contributed by atoms with Crippen LogP contribution in [0.1, 0.15) is 34.5 Å². The lowest BCUT2D eigenvalue weighted by Crippen LogP contribution is -2.43. The Labute approximate surface area is 146 Å². The minimum atomic E-state index is -0.127. The van der Waals surface area contributed by atoms with E-state index in [9.17, 15) is 4.79 Å². The van der Waals surface area contributed by atoms with Gasteiger partial charge in [0.05, 0.1) is 25.5 Å². The average molecular weight is 342 g/mol. The summed E-state index contributed by atoms with van der Waals surface area (Å²) < 4.78 is 17.5. The van der Waals surface area contributed by atoms with Crippen molar-refractivity contribution in [1.29, 1.82) is 0 Å². The molecule has 0 radical (unpaired) electrons. The van der Waals surface area contributed by atoms with Gasteiger partial charge in [-0.1, -0.05) is 0 Å². The molecule has 2 aromatic heterocycles. The molecule has 0 unspecified atom stereocenters. The molecular formula is C19H22N2O4. The Morgan fingerprint density at radius 3 is 2.96 bits per heavy atom. The van der Waals surface area contributed by atoms with E-state index in [0.29, 0.717) is 18.9 Å². The molecule has 4 heterocycles. The summed E-state index contributed by atoms with van der Waals surface area (Å²) in [6.45, 7) is 3.62. The monoisotopic (exact) mass is 342 g/mol. The van der Waals surface area contributed by atoms with E-state index in [1.54, 1.807) is 18.7 Å². The lowest BCUT2D eigenvalue weighted by Gasteiger charge is -2.31. The van der Waals surface area contributed by atoms with Gasteiger partial charge in [0.2, 0.25) is 0 Å². The number of amides is 1. The van der Waals surface area contributed by atoms with E-state index >= 15 is 0 Å². The van der Waals surface area contributed by atoms with Crippen LogP contribution in [-0.4, -0.2) is 47.2 Å². The number of hydrogen-bond donors (Lipinski definition) is 0. The van der Waals surface area contributed by atoms with Crippen molar-refractivity contribution < 1.29 is 18.7 Å². The van der Waals surface area contributed by atoms with Gasteiger partial charge in [0.15, 0.2) is 5.76 Å². The van der Waals surface area contributed by atoms with Crippen molar-refractivity contribution in [2.75, 3.05) is 13.2 Å². The van der Waals surface area contributed by atoms with Gasteiger partial charge in [-0.3, -0.25) is 9.78 Å². The smallest absolute Gasteiger partial charge is 0.290 e. The van der Waals surface area contributed by atoms with Gasteiger partial charge < -0.3 is 18.8 Å². The number of carbonyl (C=O) groups excluding carboxylic acids is 1. The molecule has 2 fully saturated rings. The lowest BCUT2D eigenvalue weighted by molar-refractivity contribution is -0.0810. The maximum Gasteiger partial charge on any atom is 0.290 e. The van der Waals surface area contributed by atoms with Gasteiger partial charge >= 0.3 is 0 Å². The first-order valence-corrected chi connectivity index (χ1v) is 8.71. The highest BCUT2D eigenvalue weighted by molar-refractivity contribution is 5.93. The highest BCUT2D eigenvalue weighted by Crippen LogP contribution is 2.32. The Balaban J connectivity index is 1.49. The fourth-order valence-electron chi connectivity index (χ4n) is 3.69. The van der Waals surface area contributed by atoms with Crippen LogP contribution in [0.25, 0.3) is 0 Å². The predicted octanol–water partition coefficient (Wildman–Crippen LogP) is 2.57. The van der Waals surface area contributed by atoms with Crippen LogP contribution in [0, 0.1) is 6.92 Å². The molecule has 6 heteroatoms. The fourth-order valence-corrected chi connectivity index (χ4v) is 3.69. The number of likely N-dealkylation sites (tertiary alicyclic amines) is 1. The zero-order valence-corrected chi connectivity index (χ0v) is 14.3. The van der Waals surface area contributed by atoms with Crippen molar-refractivity contribution in [3.8, 4) is 0 Å². The first-order chi connectivity index (χ1) is 12.2. The number of fused-ring (bicyclic) bond motifs is 1. The number of rotatable bonds is 4. The first-order valence-electron chi connectivity index (χ1n) is 8.71. The van der Waals surface area contributed by atoms with Crippen LogP contribution >= 0.6 is 0 Å². The zero-order valence-electron chi connectivity index (χ0n) is 14.3. The van der Waals surface area contributed by atoms with E-state index in [0.717, 1.165) is 30.6 Å². The molecule has 0 bridgehead atoms. The Morgan fingerprint density at radius 2 is 2.20 bits per heavy atom. The summed E-state index contributed by atoms with van der Waals surface area (Å²) in [5, 5.41) is 0. The average Bonchev–Trinajstić information content (AvgIpc) is 3.24. The number of hydrogen-bond acceptors (Lipinski definition) is 5. The summed E-state index contributed by atoms with van der Waals surface area (Å²) in [7, 11) is 0. The van der Waals surface area contributed by atoms with Crippen LogP contribution in [0.5, 0.6) is 0 Å². The molecule has 2 aliphatic heterocycles. The second-order valence-corrected chi connectivity index (χ2v) is 6.64. The van der Waals surface area contributed by atoms with Gasteiger partial charge in [-0.05, 0) is 43.5 Å². The molecule has 132 valence electrons. The maximum atomic E-state index is 12.9. The van der Waals surface area contributed by atoms with Crippen LogP contribution in [0.2, 0.25) is 0 Å². The van der Waals surface area contributed by atoms with Gasteiger partial charge in [0, 0.05) is 24.6 Å². The van der Waals surface area contributed by atoms with Crippen molar-refractivity contribution in [2.24, 2.45) is 0 Å². The normalized spacial score (nSPS) is 25.8. The zero-order chi connectivity index (χ0) is 17.2. The molecule has 4 rings (SSSR count). The molecule has 2 aromatic rings. The molecule has 25 heavy (non-hydrogen) atoms. The van der Waals surface area contributed by atoms with Crippen molar-refractivity contribution in [3.63, 3.8) is 0 Å². The van der Waals surface area contributed by atoms with E-state index in [1.807, 2.05) is 30.0 Å². The SMILES string of the molecule is Cc1ccoc1C(=O)N1C[C@H](OCc2ccncc2)[C@H]2OCCC[C@H]21. The van der Waals surface area contributed by atoms with Gasteiger partial charge in [0.25, 0.3) is 5.91 Å². The van der Waals surface area contributed by atoms with Crippen molar-refractivity contribution in [1.82, 2.24) is 9.88 Å². The van der Waals surface area contributed by atoms with Gasteiger partial charge in [0.1, 0.15) is 12.2 Å². The van der Waals surface area contributed by atoms with E-state index in [-0.39, 0.29) is 24.2 Å².